The smallest absolute Gasteiger partial charge is 0.166 e. The molecule has 0 rings (SSSR count). The van der Waals surface area contributed by atoms with E-state index in [1.807, 2.05) is 0 Å². The molecule has 9 heavy (non-hydrogen) atoms. The van der Waals surface area contributed by atoms with Gasteiger partial charge >= 0.3 is 0 Å². The number of Topliss-reactive ketones (excluding diaryl/α,β-unsaturated/α-hetero) is 1. The number of hydrogen-bond acceptors (Lipinski definition) is 2. The van der Waals surface area contributed by atoms with Gasteiger partial charge in [-0.1, -0.05) is 6.92 Å². The van der Waals surface area contributed by atoms with Crippen molar-refractivity contribution in [2.75, 3.05) is 6.67 Å². The Kier molecular flexibility index (Phi) is 2.77. The normalized spacial score (nSPS) is 16.9. The second-order valence-electron chi connectivity index (χ2n) is 2.18. The Bertz CT molecular complexity index is 110. The van der Waals surface area contributed by atoms with E-state index in [9.17, 15) is 9.18 Å². The first-order valence-corrected chi connectivity index (χ1v) is 2.86. The zero-order chi connectivity index (χ0) is 7.49. The molecule has 0 saturated carbocycles. The van der Waals surface area contributed by atoms with E-state index in [0.717, 1.165) is 0 Å². The van der Waals surface area contributed by atoms with Crippen molar-refractivity contribution >= 4 is 5.78 Å². The highest BCUT2D eigenvalue weighted by molar-refractivity contribution is 5.86. The van der Waals surface area contributed by atoms with Crippen LogP contribution in [0.2, 0.25) is 0 Å². The third kappa shape index (κ3) is 2.10. The Morgan fingerprint density at radius 1 is 1.78 bits per heavy atom. The maximum atomic E-state index is 11.7. The number of alkyl halides is 1. The van der Waals surface area contributed by atoms with Crippen LogP contribution in [0.15, 0.2) is 0 Å². The predicted molar refractivity (Wildman–Crippen MR) is 31.9 cm³/mol. The average Bonchev–Trinajstić information content (AvgIpc) is 1.86. The van der Waals surface area contributed by atoms with Crippen LogP contribution in [0, 0.1) is 0 Å². The van der Waals surface area contributed by atoms with Crippen LogP contribution in [0.3, 0.4) is 0 Å². The van der Waals surface area contributed by atoms with Gasteiger partial charge in [0.05, 0.1) is 0 Å². The summed E-state index contributed by atoms with van der Waals surface area (Å²) in [6.45, 7) is 1.77. The molecule has 0 amide bonds. The molecular formula is C6H11FO2. The van der Waals surface area contributed by atoms with E-state index in [4.69, 9.17) is 5.11 Å². The summed E-state index contributed by atoms with van der Waals surface area (Å²) >= 11 is 0. The summed E-state index contributed by atoms with van der Waals surface area (Å²) < 4.78 is 11.7. The SMILES string of the molecule is CCC(=O)[C@@](C)(O)CF. The summed E-state index contributed by atoms with van der Waals surface area (Å²) in [4.78, 5) is 10.6. The molecule has 0 aromatic rings. The Hall–Kier alpha value is -0.440. The number of rotatable bonds is 3. The van der Waals surface area contributed by atoms with Crippen molar-refractivity contribution in [1.29, 1.82) is 0 Å². The Morgan fingerprint density at radius 3 is 2.33 bits per heavy atom. The first-order chi connectivity index (χ1) is 4.04. The number of halogens is 1. The second kappa shape index (κ2) is 2.92. The first kappa shape index (κ1) is 8.56. The molecular weight excluding hydrogens is 123 g/mol. The molecule has 0 aromatic carbocycles. The number of hydrogen-bond donors (Lipinski definition) is 1. The highest BCUT2D eigenvalue weighted by Gasteiger charge is 2.27. The number of ketones is 1. The molecule has 1 N–H and O–H groups in total. The van der Waals surface area contributed by atoms with Crippen molar-refractivity contribution in [3.05, 3.63) is 0 Å². The van der Waals surface area contributed by atoms with Gasteiger partial charge in [0.2, 0.25) is 0 Å². The van der Waals surface area contributed by atoms with Gasteiger partial charge in [-0.2, -0.15) is 0 Å². The lowest BCUT2D eigenvalue weighted by atomic mass is 10.0. The van der Waals surface area contributed by atoms with Gasteiger partial charge in [0, 0.05) is 6.42 Å². The molecule has 0 heterocycles. The third-order valence-electron chi connectivity index (χ3n) is 1.18. The summed E-state index contributed by atoms with van der Waals surface area (Å²) in [5.41, 5.74) is -1.76. The minimum absolute atomic E-state index is 0.178. The average molecular weight is 134 g/mol. The molecule has 0 bridgehead atoms. The van der Waals surface area contributed by atoms with E-state index in [1.165, 1.54) is 6.92 Å². The van der Waals surface area contributed by atoms with Gasteiger partial charge in [-0.25, -0.2) is 4.39 Å². The van der Waals surface area contributed by atoms with Gasteiger partial charge < -0.3 is 5.11 Å². The molecule has 0 radical (unpaired) electrons. The summed E-state index contributed by atoms with van der Waals surface area (Å²) in [5, 5.41) is 8.87. The van der Waals surface area contributed by atoms with Crippen molar-refractivity contribution in [2.45, 2.75) is 25.9 Å². The summed E-state index contributed by atoms with van der Waals surface area (Å²) in [5.74, 6) is -0.454. The van der Waals surface area contributed by atoms with E-state index in [0.29, 0.717) is 0 Å². The van der Waals surface area contributed by atoms with Crippen LogP contribution in [-0.4, -0.2) is 23.2 Å². The zero-order valence-electron chi connectivity index (χ0n) is 5.65. The molecule has 0 fully saturated rings. The van der Waals surface area contributed by atoms with E-state index in [-0.39, 0.29) is 6.42 Å². The lowest BCUT2D eigenvalue weighted by molar-refractivity contribution is -0.136. The van der Waals surface area contributed by atoms with E-state index >= 15 is 0 Å². The largest absolute Gasteiger partial charge is 0.380 e. The van der Waals surface area contributed by atoms with E-state index in [1.54, 1.807) is 6.92 Å². The molecule has 0 spiro atoms. The van der Waals surface area contributed by atoms with Crippen molar-refractivity contribution in [2.24, 2.45) is 0 Å². The third-order valence-corrected chi connectivity index (χ3v) is 1.18. The van der Waals surface area contributed by atoms with Crippen LogP contribution in [-0.2, 0) is 4.79 Å². The second-order valence-corrected chi connectivity index (χ2v) is 2.18. The maximum absolute atomic E-state index is 11.7. The highest BCUT2D eigenvalue weighted by Crippen LogP contribution is 2.07. The number of carbonyl (C=O) groups excluding carboxylic acids is 1. The Labute approximate surface area is 53.7 Å². The molecule has 0 aliphatic heterocycles. The molecule has 0 unspecified atom stereocenters. The Morgan fingerprint density at radius 2 is 2.22 bits per heavy atom. The molecule has 1 atom stereocenters. The van der Waals surface area contributed by atoms with Crippen molar-refractivity contribution in [3.63, 3.8) is 0 Å². The monoisotopic (exact) mass is 134 g/mol. The Balaban J connectivity index is 3.97. The van der Waals surface area contributed by atoms with E-state index in [2.05, 4.69) is 0 Å². The number of aliphatic hydroxyl groups is 1. The van der Waals surface area contributed by atoms with Crippen LogP contribution >= 0.6 is 0 Å². The van der Waals surface area contributed by atoms with Crippen molar-refractivity contribution in [1.82, 2.24) is 0 Å². The summed E-state index contributed by atoms with van der Waals surface area (Å²) in [6, 6.07) is 0. The molecule has 3 heteroatoms. The summed E-state index contributed by atoms with van der Waals surface area (Å²) in [7, 11) is 0. The predicted octanol–water partition coefficient (Wildman–Crippen LogP) is 0.686. The topological polar surface area (TPSA) is 37.3 Å². The molecule has 2 nitrogen and oxygen atoms in total. The van der Waals surface area contributed by atoms with Gasteiger partial charge in [0.25, 0.3) is 0 Å². The maximum Gasteiger partial charge on any atom is 0.166 e. The zero-order valence-corrected chi connectivity index (χ0v) is 5.65. The molecule has 54 valence electrons. The molecule has 0 aromatic heterocycles. The fourth-order valence-corrected chi connectivity index (χ4v) is 0.455. The highest BCUT2D eigenvalue weighted by atomic mass is 19.1. The fourth-order valence-electron chi connectivity index (χ4n) is 0.455. The lowest BCUT2D eigenvalue weighted by Crippen LogP contribution is -2.36. The van der Waals surface area contributed by atoms with Crippen LogP contribution < -0.4 is 0 Å². The van der Waals surface area contributed by atoms with Crippen LogP contribution in [0.5, 0.6) is 0 Å². The van der Waals surface area contributed by atoms with Gasteiger partial charge in [-0.05, 0) is 6.92 Å². The summed E-state index contributed by atoms with van der Waals surface area (Å²) in [6.07, 6.45) is 0.178. The van der Waals surface area contributed by atoms with Crippen LogP contribution in [0.1, 0.15) is 20.3 Å². The first-order valence-electron chi connectivity index (χ1n) is 2.86. The van der Waals surface area contributed by atoms with Crippen LogP contribution in [0.4, 0.5) is 4.39 Å². The fraction of sp³-hybridized carbons (Fsp3) is 0.833. The van der Waals surface area contributed by atoms with Crippen molar-refractivity contribution in [3.8, 4) is 0 Å². The molecule has 0 aliphatic carbocycles. The van der Waals surface area contributed by atoms with Crippen LogP contribution in [0.25, 0.3) is 0 Å². The standard InChI is InChI=1S/C6H11FO2/c1-3-5(8)6(2,9)4-7/h9H,3-4H2,1-2H3/t6-/m0/s1. The number of carbonyl (C=O) groups is 1. The molecule has 0 saturated heterocycles. The van der Waals surface area contributed by atoms with Gasteiger partial charge in [0.15, 0.2) is 5.78 Å². The van der Waals surface area contributed by atoms with Gasteiger partial charge in [-0.15, -0.1) is 0 Å². The quantitative estimate of drug-likeness (QED) is 0.616. The van der Waals surface area contributed by atoms with Crippen molar-refractivity contribution < 1.29 is 14.3 Å². The lowest BCUT2D eigenvalue weighted by Gasteiger charge is -2.15. The minimum atomic E-state index is -1.76. The minimum Gasteiger partial charge on any atom is -0.380 e. The molecule has 0 aliphatic rings. The van der Waals surface area contributed by atoms with E-state index < -0.39 is 18.1 Å². The van der Waals surface area contributed by atoms with Gasteiger partial charge in [0.1, 0.15) is 12.3 Å². The van der Waals surface area contributed by atoms with Gasteiger partial charge in [-0.3, -0.25) is 4.79 Å².